The van der Waals surface area contributed by atoms with Crippen LogP contribution in [-0.4, -0.2) is 19.2 Å². The lowest BCUT2D eigenvalue weighted by molar-refractivity contribution is 0.409. The maximum absolute atomic E-state index is 9.10. The minimum absolute atomic E-state index is 0.175. The number of aryl methyl sites for hydroxylation is 1. The van der Waals surface area contributed by atoms with Crippen molar-refractivity contribution in [2.45, 2.75) is 6.92 Å². The van der Waals surface area contributed by atoms with Gasteiger partial charge in [-0.05, 0) is 24.6 Å². The highest BCUT2D eigenvalue weighted by Gasteiger charge is 2.16. The number of aromatic nitrogens is 1. The molecule has 4 nitrogen and oxygen atoms in total. The fraction of sp³-hybridized carbons (Fsp3) is 0.231. The molecule has 0 aliphatic rings. The first-order chi connectivity index (χ1) is 8.63. The maximum atomic E-state index is 9.10. The minimum Gasteiger partial charge on any atom is -0.496 e. The number of hydrogen-bond donors (Lipinski definition) is 0. The maximum Gasteiger partial charge on any atom is 0.147 e. The Morgan fingerprint density at radius 3 is 2.39 bits per heavy atom. The molecule has 0 atom stereocenters. The lowest BCUT2D eigenvalue weighted by Crippen LogP contribution is -1.97. The number of hydrogen-bond acceptors (Lipinski definition) is 4. The molecular weight excluding hydrogens is 252 g/mol. The summed E-state index contributed by atoms with van der Waals surface area (Å²) in [4.78, 5) is 4.22. The monoisotopic (exact) mass is 262 g/mol. The average molecular weight is 263 g/mol. The molecule has 2 aromatic rings. The number of methoxy groups -OCH3 is 2. The molecule has 0 amide bonds. The van der Waals surface area contributed by atoms with E-state index >= 15 is 0 Å². The van der Waals surface area contributed by atoms with Gasteiger partial charge in [-0.3, -0.25) is 0 Å². The molecular formula is C13H11ClN2O2. The van der Waals surface area contributed by atoms with Crippen LogP contribution in [-0.2, 0) is 0 Å². The summed E-state index contributed by atoms with van der Waals surface area (Å²) in [5, 5.41) is 10.0. The molecule has 0 fully saturated rings. The molecule has 0 bridgehead atoms. The van der Waals surface area contributed by atoms with Crippen LogP contribution in [0.25, 0.3) is 10.9 Å². The molecule has 0 radical (unpaired) electrons. The Morgan fingerprint density at radius 1 is 1.22 bits per heavy atom. The summed E-state index contributed by atoms with van der Waals surface area (Å²) in [5.41, 5.74) is 1.69. The highest BCUT2D eigenvalue weighted by Crippen LogP contribution is 2.37. The Kier molecular flexibility index (Phi) is 3.26. The van der Waals surface area contributed by atoms with Crippen LogP contribution < -0.4 is 9.47 Å². The number of pyridine rings is 1. The van der Waals surface area contributed by atoms with E-state index in [0.29, 0.717) is 22.6 Å². The molecule has 0 saturated heterocycles. The number of benzene rings is 1. The van der Waals surface area contributed by atoms with Crippen molar-refractivity contribution in [1.82, 2.24) is 4.98 Å². The lowest BCUT2D eigenvalue weighted by atomic mass is 10.0. The van der Waals surface area contributed by atoms with Gasteiger partial charge in [0.1, 0.15) is 28.2 Å². The first-order valence-electron chi connectivity index (χ1n) is 5.25. The van der Waals surface area contributed by atoms with Gasteiger partial charge in [-0.25, -0.2) is 4.98 Å². The summed E-state index contributed by atoms with van der Waals surface area (Å²) in [6.07, 6.45) is 0. The molecule has 0 unspecified atom stereocenters. The van der Waals surface area contributed by atoms with Gasteiger partial charge in [-0.2, -0.15) is 5.26 Å². The summed E-state index contributed by atoms with van der Waals surface area (Å²) < 4.78 is 10.5. The largest absolute Gasteiger partial charge is 0.496 e. The topological polar surface area (TPSA) is 55.1 Å². The lowest BCUT2D eigenvalue weighted by Gasteiger charge is -2.12. The third-order valence-electron chi connectivity index (χ3n) is 2.82. The van der Waals surface area contributed by atoms with Gasteiger partial charge < -0.3 is 9.47 Å². The van der Waals surface area contributed by atoms with E-state index < -0.39 is 0 Å². The first kappa shape index (κ1) is 12.5. The van der Waals surface area contributed by atoms with Crippen LogP contribution in [0.1, 0.15) is 11.1 Å². The van der Waals surface area contributed by atoms with Gasteiger partial charge in [0.25, 0.3) is 0 Å². The van der Waals surface area contributed by atoms with Gasteiger partial charge in [0.2, 0.25) is 0 Å². The van der Waals surface area contributed by atoms with E-state index in [1.807, 2.05) is 6.92 Å². The Bertz CT molecular complexity index is 662. The van der Waals surface area contributed by atoms with E-state index in [0.717, 1.165) is 10.9 Å². The van der Waals surface area contributed by atoms with Crippen LogP contribution in [0.2, 0.25) is 5.15 Å². The standard InChI is InChI=1S/C13H11ClN2O2/c1-7-8(6-15)13(14)16-12-10(18-3)5-4-9(17-2)11(7)12/h4-5H,1-3H3. The smallest absolute Gasteiger partial charge is 0.147 e. The number of ether oxygens (including phenoxy) is 2. The predicted octanol–water partition coefficient (Wildman–Crippen LogP) is 3.09. The summed E-state index contributed by atoms with van der Waals surface area (Å²) in [7, 11) is 3.13. The van der Waals surface area contributed by atoms with Gasteiger partial charge >= 0.3 is 0 Å². The number of rotatable bonds is 2. The Hall–Kier alpha value is -1.99. The molecule has 0 N–H and O–H groups in total. The van der Waals surface area contributed by atoms with E-state index in [2.05, 4.69) is 11.1 Å². The van der Waals surface area contributed by atoms with Gasteiger partial charge in [0.05, 0.1) is 25.2 Å². The minimum atomic E-state index is 0.175. The number of fused-ring (bicyclic) bond motifs is 1. The predicted molar refractivity (Wildman–Crippen MR) is 69.3 cm³/mol. The second kappa shape index (κ2) is 4.71. The highest BCUT2D eigenvalue weighted by atomic mass is 35.5. The van der Waals surface area contributed by atoms with Crippen LogP contribution in [0.4, 0.5) is 0 Å². The molecule has 0 spiro atoms. The molecule has 18 heavy (non-hydrogen) atoms. The van der Waals surface area contributed by atoms with Crippen molar-refractivity contribution in [2.75, 3.05) is 14.2 Å². The van der Waals surface area contributed by atoms with Crippen molar-refractivity contribution in [3.63, 3.8) is 0 Å². The third kappa shape index (κ3) is 1.73. The SMILES string of the molecule is COc1ccc(OC)c2c(C)c(C#N)c(Cl)nc12. The van der Waals surface area contributed by atoms with E-state index in [9.17, 15) is 0 Å². The summed E-state index contributed by atoms with van der Waals surface area (Å²) in [6.45, 7) is 1.82. The fourth-order valence-electron chi connectivity index (χ4n) is 1.93. The average Bonchev–Trinajstić information content (AvgIpc) is 2.37. The highest BCUT2D eigenvalue weighted by molar-refractivity contribution is 6.31. The van der Waals surface area contributed by atoms with Crippen LogP contribution >= 0.6 is 11.6 Å². The van der Waals surface area contributed by atoms with Gasteiger partial charge in [0.15, 0.2) is 0 Å². The van der Waals surface area contributed by atoms with E-state index in [-0.39, 0.29) is 5.15 Å². The second-order valence-corrected chi connectivity index (χ2v) is 4.07. The Morgan fingerprint density at radius 2 is 1.83 bits per heavy atom. The zero-order valence-electron chi connectivity index (χ0n) is 10.2. The normalized spacial score (nSPS) is 10.2. The molecule has 1 aromatic heterocycles. The second-order valence-electron chi connectivity index (χ2n) is 3.71. The number of nitriles is 1. The zero-order valence-corrected chi connectivity index (χ0v) is 11.0. The number of nitrogens with zero attached hydrogens (tertiary/aromatic N) is 2. The Balaban J connectivity index is 2.99. The third-order valence-corrected chi connectivity index (χ3v) is 3.09. The van der Waals surface area contributed by atoms with E-state index in [1.54, 1.807) is 26.4 Å². The molecule has 5 heteroatoms. The van der Waals surface area contributed by atoms with E-state index in [1.165, 1.54) is 0 Å². The van der Waals surface area contributed by atoms with Crippen LogP contribution in [0.5, 0.6) is 11.5 Å². The van der Waals surface area contributed by atoms with Crippen LogP contribution in [0.3, 0.4) is 0 Å². The molecule has 0 aliphatic carbocycles. The first-order valence-corrected chi connectivity index (χ1v) is 5.62. The van der Waals surface area contributed by atoms with Crippen molar-refractivity contribution in [3.8, 4) is 17.6 Å². The van der Waals surface area contributed by atoms with Crippen LogP contribution in [0, 0.1) is 18.3 Å². The number of halogens is 1. The summed E-state index contributed by atoms with van der Waals surface area (Å²) in [6, 6.07) is 5.60. The van der Waals surface area contributed by atoms with E-state index in [4.69, 9.17) is 26.3 Å². The fourth-order valence-corrected chi connectivity index (χ4v) is 2.19. The molecule has 92 valence electrons. The van der Waals surface area contributed by atoms with Crippen molar-refractivity contribution in [3.05, 3.63) is 28.4 Å². The van der Waals surface area contributed by atoms with Crippen molar-refractivity contribution in [1.29, 1.82) is 5.26 Å². The molecule has 0 saturated carbocycles. The molecule has 2 rings (SSSR count). The molecule has 0 aliphatic heterocycles. The van der Waals surface area contributed by atoms with Gasteiger partial charge in [-0.1, -0.05) is 11.6 Å². The van der Waals surface area contributed by atoms with Crippen LogP contribution in [0.15, 0.2) is 12.1 Å². The summed E-state index contributed by atoms with van der Waals surface area (Å²) in [5.74, 6) is 1.24. The zero-order chi connectivity index (χ0) is 13.3. The van der Waals surface area contributed by atoms with Crippen molar-refractivity contribution >= 4 is 22.5 Å². The Labute approximate surface area is 110 Å². The van der Waals surface area contributed by atoms with Gasteiger partial charge in [0, 0.05) is 0 Å². The van der Waals surface area contributed by atoms with Gasteiger partial charge in [-0.15, -0.1) is 0 Å². The van der Waals surface area contributed by atoms with Crippen molar-refractivity contribution < 1.29 is 9.47 Å². The van der Waals surface area contributed by atoms with Crippen molar-refractivity contribution in [2.24, 2.45) is 0 Å². The summed E-state index contributed by atoms with van der Waals surface area (Å²) >= 11 is 6.00. The molecule has 1 heterocycles. The quantitative estimate of drug-likeness (QED) is 0.781. The molecule has 1 aromatic carbocycles.